The van der Waals surface area contributed by atoms with Crippen LogP contribution in [-0.2, 0) is 0 Å². The maximum Gasteiger partial charge on any atom is 0.270 e. The van der Waals surface area contributed by atoms with Crippen LogP contribution in [0, 0.1) is 0 Å². The Balaban J connectivity index is 2.17. The fourth-order valence-corrected chi connectivity index (χ4v) is 2.56. The third-order valence-corrected chi connectivity index (χ3v) is 3.38. The lowest BCUT2D eigenvalue weighted by atomic mass is 10.1. The molecule has 0 atom stereocenters. The molecule has 18 heavy (non-hydrogen) atoms. The first-order valence-corrected chi connectivity index (χ1v) is 6.92. The number of aromatic nitrogens is 1. The Morgan fingerprint density at radius 1 is 1.61 bits per heavy atom. The number of hydrogen-bond acceptors (Lipinski definition) is 2. The molecule has 1 aromatic rings. The molecule has 1 heterocycles. The summed E-state index contributed by atoms with van der Waals surface area (Å²) in [6, 6.07) is 2.31. The number of halogens is 1. The second-order valence-corrected chi connectivity index (χ2v) is 6.57. The van der Waals surface area contributed by atoms with Gasteiger partial charge in [-0.1, -0.05) is 0 Å². The normalized spacial score (nSPS) is 15.8. The number of carbonyl (C=O) groups excluding carboxylic acids is 1. The van der Waals surface area contributed by atoms with Gasteiger partial charge in [-0.2, -0.15) is 0 Å². The highest BCUT2D eigenvalue weighted by molar-refractivity contribution is 9.10. The third kappa shape index (κ3) is 3.14. The first-order valence-electron chi connectivity index (χ1n) is 6.13. The third-order valence-electron chi connectivity index (χ3n) is 2.95. The van der Waals surface area contributed by atoms with E-state index >= 15 is 0 Å². The van der Waals surface area contributed by atoms with Gasteiger partial charge in [-0.25, -0.2) is 0 Å². The summed E-state index contributed by atoms with van der Waals surface area (Å²) in [4.78, 5) is 13.9. The maximum absolute atomic E-state index is 12.4. The lowest BCUT2D eigenvalue weighted by Crippen LogP contribution is -2.40. The molecule has 0 saturated heterocycles. The summed E-state index contributed by atoms with van der Waals surface area (Å²) in [5.41, 5.74) is -0.185. The van der Waals surface area contributed by atoms with Gasteiger partial charge in [0.25, 0.3) is 5.91 Å². The van der Waals surface area contributed by atoms with E-state index < -0.39 is 5.60 Å². The first kappa shape index (κ1) is 13.6. The average Bonchev–Trinajstić information content (AvgIpc) is 2.98. The number of likely N-dealkylation sites (N-methyl/N-ethyl adjacent to an activating group) is 1. The van der Waals surface area contributed by atoms with Crippen molar-refractivity contribution in [1.29, 1.82) is 0 Å². The molecule has 0 aliphatic heterocycles. The zero-order chi connectivity index (χ0) is 13.5. The molecule has 1 aliphatic rings. The Morgan fingerprint density at radius 2 is 2.22 bits per heavy atom. The zero-order valence-electron chi connectivity index (χ0n) is 11.0. The van der Waals surface area contributed by atoms with Gasteiger partial charge >= 0.3 is 0 Å². The van der Waals surface area contributed by atoms with E-state index in [-0.39, 0.29) is 5.91 Å². The van der Waals surface area contributed by atoms with Gasteiger partial charge in [0.2, 0.25) is 0 Å². The van der Waals surface area contributed by atoms with Gasteiger partial charge in [-0.3, -0.25) is 4.79 Å². The molecule has 1 amide bonds. The topological polar surface area (TPSA) is 45.5 Å². The number of nitrogens with zero attached hydrogens (tertiary/aromatic N) is 2. The SMILES string of the molecule is CN(CC(C)(C)O)C(=O)c1cc(Br)cn1C1CC1. The van der Waals surface area contributed by atoms with E-state index in [0.29, 0.717) is 18.3 Å². The molecular formula is C13H19BrN2O2. The van der Waals surface area contributed by atoms with Crippen LogP contribution >= 0.6 is 15.9 Å². The molecule has 4 nitrogen and oxygen atoms in total. The quantitative estimate of drug-likeness (QED) is 0.927. The number of aliphatic hydroxyl groups is 1. The standard InChI is InChI=1S/C13H19BrN2O2/c1-13(2,18)8-15(3)12(17)11-6-9(14)7-16(11)10-4-5-10/h6-7,10,18H,4-5,8H2,1-3H3. The molecule has 2 rings (SSSR count). The Hall–Kier alpha value is -0.810. The van der Waals surface area contributed by atoms with E-state index in [2.05, 4.69) is 15.9 Å². The predicted octanol–water partition coefficient (Wildman–Crippen LogP) is 2.43. The Labute approximate surface area is 116 Å². The molecule has 1 aromatic heterocycles. The molecule has 1 fully saturated rings. The van der Waals surface area contributed by atoms with Crippen LogP contribution in [0.2, 0.25) is 0 Å². The van der Waals surface area contributed by atoms with Crippen molar-refractivity contribution in [1.82, 2.24) is 9.47 Å². The van der Waals surface area contributed by atoms with Crippen LogP contribution in [0.5, 0.6) is 0 Å². The van der Waals surface area contributed by atoms with Crippen LogP contribution in [0.1, 0.15) is 43.2 Å². The summed E-state index contributed by atoms with van der Waals surface area (Å²) in [5, 5.41) is 9.77. The lowest BCUT2D eigenvalue weighted by molar-refractivity contribution is 0.0362. The van der Waals surface area contributed by atoms with Crippen LogP contribution in [0.3, 0.4) is 0 Å². The summed E-state index contributed by atoms with van der Waals surface area (Å²) in [6.07, 6.45) is 4.23. The minimum absolute atomic E-state index is 0.0466. The molecule has 0 radical (unpaired) electrons. The van der Waals surface area contributed by atoms with E-state index in [9.17, 15) is 9.90 Å². The number of hydrogen-bond donors (Lipinski definition) is 1. The van der Waals surface area contributed by atoms with Gasteiger partial charge in [-0.15, -0.1) is 0 Å². The molecule has 1 aliphatic carbocycles. The van der Waals surface area contributed by atoms with Crippen LogP contribution in [0.4, 0.5) is 0 Å². The molecule has 0 unspecified atom stereocenters. The summed E-state index contributed by atoms with van der Waals surface area (Å²) >= 11 is 3.42. The Kier molecular flexibility index (Phi) is 3.56. The maximum atomic E-state index is 12.4. The highest BCUT2D eigenvalue weighted by atomic mass is 79.9. The van der Waals surface area contributed by atoms with E-state index in [4.69, 9.17) is 0 Å². The van der Waals surface area contributed by atoms with Crippen molar-refractivity contribution in [3.05, 3.63) is 22.4 Å². The molecule has 0 aromatic carbocycles. The molecular weight excluding hydrogens is 296 g/mol. The van der Waals surface area contributed by atoms with Crippen LogP contribution in [-0.4, -0.2) is 39.7 Å². The smallest absolute Gasteiger partial charge is 0.270 e. The molecule has 1 saturated carbocycles. The molecule has 0 bridgehead atoms. The van der Waals surface area contributed by atoms with Crippen LogP contribution < -0.4 is 0 Å². The highest BCUT2D eigenvalue weighted by Crippen LogP contribution is 2.37. The van der Waals surface area contributed by atoms with Gasteiger partial charge in [0.15, 0.2) is 0 Å². The molecule has 100 valence electrons. The largest absolute Gasteiger partial charge is 0.389 e. The first-order chi connectivity index (χ1) is 8.28. The van der Waals surface area contributed by atoms with Gasteiger partial charge in [0.1, 0.15) is 5.69 Å². The number of rotatable bonds is 4. The van der Waals surface area contributed by atoms with E-state index in [1.807, 2.05) is 16.8 Å². The van der Waals surface area contributed by atoms with Gasteiger partial charge in [0.05, 0.1) is 5.60 Å². The average molecular weight is 315 g/mol. The molecule has 1 N–H and O–H groups in total. The monoisotopic (exact) mass is 314 g/mol. The number of carbonyl (C=O) groups is 1. The van der Waals surface area contributed by atoms with Gasteiger partial charge < -0.3 is 14.6 Å². The van der Waals surface area contributed by atoms with E-state index in [0.717, 1.165) is 17.3 Å². The van der Waals surface area contributed by atoms with E-state index in [1.54, 1.807) is 25.8 Å². The fourth-order valence-electron chi connectivity index (χ4n) is 2.12. The summed E-state index contributed by atoms with van der Waals surface area (Å²) < 4.78 is 2.96. The van der Waals surface area contributed by atoms with Crippen molar-refractivity contribution >= 4 is 21.8 Å². The number of amides is 1. The molecule has 0 spiro atoms. The van der Waals surface area contributed by atoms with Crippen molar-refractivity contribution in [2.45, 2.75) is 38.3 Å². The second-order valence-electron chi connectivity index (χ2n) is 5.66. The van der Waals surface area contributed by atoms with E-state index in [1.165, 1.54) is 0 Å². The summed E-state index contributed by atoms with van der Waals surface area (Å²) in [7, 11) is 1.72. The Bertz CT molecular complexity index is 458. The van der Waals surface area contributed by atoms with Crippen molar-refractivity contribution in [2.75, 3.05) is 13.6 Å². The Morgan fingerprint density at radius 3 is 2.72 bits per heavy atom. The van der Waals surface area contributed by atoms with Crippen molar-refractivity contribution in [3.8, 4) is 0 Å². The highest BCUT2D eigenvalue weighted by Gasteiger charge is 2.29. The van der Waals surface area contributed by atoms with Crippen LogP contribution in [0.25, 0.3) is 0 Å². The minimum Gasteiger partial charge on any atom is -0.389 e. The second kappa shape index (κ2) is 4.70. The van der Waals surface area contributed by atoms with Gasteiger partial charge in [-0.05, 0) is 48.7 Å². The fraction of sp³-hybridized carbons (Fsp3) is 0.615. The van der Waals surface area contributed by atoms with Gasteiger partial charge in [0, 0.05) is 30.3 Å². The summed E-state index contributed by atoms with van der Waals surface area (Å²) in [6.45, 7) is 3.72. The minimum atomic E-state index is -0.876. The lowest BCUT2D eigenvalue weighted by Gasteiger charge is -2.25. The van der Waals surface area contributed by atoms with Crippen molar-refractivity contribution in [3.63, 3.8) is 0 Å². The predicted molar refractivity (Wildman–Crippen MR) is 73.7 cm³/mol. The van der Waals surface area contributed by atoms with Crippen molar-refractivity contribution in [2.24, 2.45) is 0 Å². The van der Waals surface area contributed by atoms with Crippen molar-refractivity contribution < 1.29 is 9.90 Å². The van der Waals surface area contributed by atoms with Crippen LogP contribution in [0.15, 0.2) is 16.7 Å². The zero-order valence-corrected chi connectivity index (χ0v) is 12.6. The summed E-state index contributed by atoms with van der Waals surface area (Å²) in [5.74, 6) is -0.0466. The molecule has 5 heteroatoms.